The number of amides is 1. The first-order chi connectivity index (χ1) is 7.02. The smallest absolute Gasteiger partial charge is 0.277 e. The molecule has 0 aromatic heterocycles. The van der Waals surface area contributed by atoms with E-state index in [9.17, 15) is 13.6 Å². The van der Waals surface area contributed by atoms with Gasteiger partial charge in [-0.2, -0.15) is 0 Å². The summed E-state index contributed by atoms with van der Waals surface area (Å²) >= 11 is 0. The fourth-order valence-electron chi connectivity index (χ4n) is 0.920. The van der Waals surface area contributed by atoms with Crippen LogP contribution < -0.4 is 11.1 Å². The fourth-order valence-corrected chi connectivity index (χ4v) is 0.920. The molecule has 0 rings (SSSR count). The van der Waals surface area contributed by atoms with E-state index in [2.05, 4.69) is 5.32 Å². The van der Waals surface area contributed by atoms with Gasteiger partial charge < -0.3 is 15.8 Å². The van der Waals surface area contributed by atoms with E-state index < -0.39 is 19.0 Å². The van der Waals surface area contributed by atoms with E-state index in [4.69, 9.17) is 10.5 Å². The zero-order valence-electron chi connectivity index (χ0n) is 8.89. The van der Waals surface area contributed by atoms with Crippen molar-refractivity contribution in [3.05, 3.63) is 0 Å². The van der Waals surface area contributed by atoms with Crippen LogP contribution in [0.5, 0.6) is 0 Å². The number of carbonyl (C=O) groups is 1. The molecule has 0 saturated heterocycles. The standard InChI is InChI=1S/C9H18F2N2O2/c1-15-5-3-2-4-8(14)13-7-9(10,11)6-12/h2-7,12H2,1H3,(H,13,14). The van der Waals surface area contributed by atoms with E-state index in [1.807, 2.05) is 0 Å². The molecule has 0 atom stereocenters. The number of nitrogens with one attached hydrogen (secondary N) is 1. The van der Waals surface area contributed by atoms with E-state index in [0.29, 0.717) is 13.0 Å². The van der Waals surface area contributed by atoms with E-state index in [1.165, 1.54) is 0 Å². The van der Waals surface area contributed by atoms with Gasteiger partial charge in [0.2, 0.25) is 5.91 Å². The van der Waals surface area contributed by atoms with E-state index >= 15 is 0 Å². The van der Waals surface area contributed by atoms with Gasteiger partial charge in [-0.1, -0.05) is 0 Å². The van der Waals surface area contributed by atoms with Crippen LogP contribution in [0.25, 0.3) is 0 Å². The molecule has 0 unspecified atom stereocenters. The summed E-state index contributed by atoms with van der Waals surface area (Å²) in [6.07, 6.45) is 1.62. The third kappa shape index (κ3) is 8.26. The Balaban J connectivity index is 3.49. The number of unbranched alkanes of at least 4 members (excludes halogenated alkanes) is 1. The molecular weight excluding hydrogens is 206 g/mol. The highest BCUT2D eigenvalue weighted by atomic mass is 19.3. The third-order valence-corrected chi connectivity index (χ3v) is 1.85. The van der Waals surface area contributed by atoms with Crippen molar-refractivity contribution in [2.24, 2.45) is 5.73 Å². The fraction of sp³-hybridized carbons (Fsp3) is 0.889. The van der Waals surface area contributed by atoms with Gasteiger partial charge in [-0.15, -0.1) is 0 Å². The van der Waals surface area contributed by atoms with Gasteiger partial charge in [0.1, 0.15) is 0 Å². The first-order valence-electron chi connectivity index (χ1n) is 4.85. The molecule has 90 valence electrons. The van der Waals surface area contributed by atoms with Gasteiger partial charge in [-0.3, -0.25) is 4.79 Å². The first kappa shape index (κ1) is 14.2. The number of rotatable bonds is 8. The summed E-state index contributed by atoms with van der Waals surface area (Å²) in [4.78, 5) is 11.0. The van der Waals surface area contributed by atoms with E-state index in [1.54, 1.807) is 7.11 Å². The molecule has 0 spiro atoms. The maximum Gasteiger partial charge on any atom is 0.277 e. The molecule has 6 heteroatoms. The van der Waals surface area contributed by atoms with Crippen LogP contribution in [0.15, 0.2) is 0 Å². The molecule has 0 fully saturated rings. The molecule has 3 N–H and O–H groups in total. The predicted molar refractivity (Wildman–Crippen MR) is 52.7 cm³/mol. The predicted octanol–water partition coefficient (Wildman–Crippen LogP) is 0.513. The van der Waals surface area contributed by atoms with Crippen molar-refractivity contribution in [3.8, 4) is 0 Å². The van der Waals surface area contributed by atoms with Gasteiger partial charge in [0.05, 0.1) is 13.1 Å². The molecule has 0 saturated carbocycles. The Hall–Kier alpha value is -0.750. The summed E-state index contributed by atoms with van der Waals surface area (Å²) in [5.41, 5.74) is 4.81. The lowest BCUT2D eigenvalue weighted by molar-refractivity contribution is -0.123. The van der Waals surface area contributed by atoms with Crippen molar-refractivity contribution >= 4 is 5.91 Å². The topological polar surface area (TPSA) is 64.3 Å². The first-order valence-corrected chi connectivity index (χ1v) is 4.85. The zero-order chi connectivity index (χ0) is 11.7. The lowest BCUT2D eigenvalue weighted by Crippen LogP contribution is -2.41. The maximum atomic E-state index is 12.6. The molecule has 0 aliphatic heterocycles. The van der Waals surface area contributed by atoms with Crippen molar-refractivity contribution in [3.63, 3.8) is 0 Å². The van der Waals surface area contributed by atoms with Crippen LogP contribution in [-0.4, -0.2) is 38.6 Å². The highest BCUT2D eigenvalue weighted by Crippen LogP contribution is 2.08. The molecule has 0 aliphatic carbocycles. The molecule has 0 radical (unpaired) electrons. The van der Waals surface area contributed by atoms with Crippen molar-refractivity contribution in [1.29, 1.82) is 0 Å². The summed E-state index contributed by atoms with van der Waals surface area (Å²) in [7, 11) is 1.57. The number of halogens is 2. The van der Waals surface area contributed by atoms with Crippen LogP contribution in [-0.2, 0) is 9.53 Å². The Labute approximate surface area is 88.2 Å². The Kier molecular flexibility index (Phi) is 7.15. The summed E-state index contributed by atoms with van der Waals surface area (Å²) in [5, 5.41) is 2.14. The number of ether oxygens (including phenoxy) is 1. The lowest BCUT2D eigenvalue weighted by atomic mass is 10.2. The van der Waals surface area contributed by atoms with Crippen LogP contribution in [0.1, 0.15) is 19.3 Å². The summed E-state index contributed by atoms with van der Waals surface area (Å²) < 4.78 is 30.0. The minimum absolute atomic E-state index is 0.240. The largest absolute Gasteiger partial charge is 0.385 e. The lowest BCUT2D eigenvalue weighted by Gasteiger charge is -2.14. The van der Waals surface area contributed by atoms with Crippen LogP contribution in [0.3, 0.4) is 0 Å². The van der Waals surface area contributed by atoms with E-state index in [-0.39, 0.29) is 12.3 Å². The second-order valence-electron chi connectivity index (χ2n) is 3.29. The van der Waals surface area contributed by atoms with Crippen molar-refractivity contribution < 1.29 is 18.3 Å². The zero-order valence-corrected chi connectivity index (χ0v) is 8.89. The molecule has 0 bridgehead atoms. The van der Waals surface area contributed by atoms with Crippen LogP contribution >= 0.6 is 0 Å². The van der Waals surface area contributed by atoms with E-state index in [0.717, 1.165) is 6.42 Å². The van der Waals surface area contributed by atoms with Gasteiger partial charge in [0, 0.05) is 20.1 Å². The average Bonchev–Trinajstić information content (AvgIpc) is 2.22. The molecule has 0 aromatic rings. The number of hydrogen-bond donors (Lipinski definition) is 2. The molecule has 4 nitrogen and oxygen atoms in total. The summed E-state index contributed by atoms with van der Waals surface area (Å²) in [6.45, 7) is -0.865. The minimum Gasteiger partial charge on any atom is -0.385 e. The monoisotopic (exact) mass is 224 g/mol. The van der Waals surface area contributed by atoms with Crippen LogP contribution in [0.2, 0.25) is 0 Å². The van der Waals surface area contributed by atoms with Gasteiger partial charge in [-0.25, -0.2) is 8.78 Å². The van der Waals surface area contributed by atoms with Crippen molar-refractivity contribution in [2.75, 3.05) is 26.8 Å². The van der Waals surface area contributed by atoms with Crippen molar-refractivity contribution in [2.45, 2.75) is 25.2 Å². The van der Waals surface area contributed by atoms with Gasteiger partial charge in [-0.05, 0) is 12.8 Å². The van der Waals surface area contributed by atoms with Crippen molar-refractivity contribution in [1.82, 2.24) is 5.32 Å². The molecular formula is C9H18F2N2O2. The number of nitrogens with two attached hydrogens (primary N) is 1. The second-order valence-corrected chi connectivity index (χ2v) is 3.29. The van der Waals surface area contributed by atoms with Gasteiger partial charge in [0.25, 0.3) is 5.92 Å². The Morgan fingerprint density at radius 1 is 1.47 bits per heavy atom. The third-order valence-electron chi connectivity index (χ3n) is 1.85. The Morgan fingerprint density at radius 3 is 2.67 bits per heavy atom. The summed E-state index contributed by atoms with van der Waals surface area (Å²) in [6, 6.07) is 0. The molecule has 1 amide bonds. The number of methoxy groups -OCH3 is 1. The quantitative estimate of drug-likeness (QED) is 0.590. The SMILES string of the molecule is COCCCCC(=O)NCC(F)(F)CN. The maximum absolute atomic E-state index is 12.6. The number of hydrogen-bond acceptors (Lipinski definition) is 3. The Morgan fingerprint density at radius 2 is 2.13 bits per heavy atom. The average molecular weight is 224 g/mol. The molecule has 15 heavy (non-hydrogen) atoms. The van der Waals surface area contributed by atoms with Gasteiger partial charge in [0.15, 0.2) is 0 Å². The minimum atomic E-state index is -3.01. The van der Waals surface area contributed by atoms with Crippen LogP contribution in [0, 0.1) is 0 Å². The van der Waals surface area contributed by atoms with Crippen LogP contribution in [0.4, 0.5) is 8.78 Å². The highest BCUT2D eigenvalue weighted by molar-refractivity contribution is 5.75. The van der Waals surface area contributed by atoms with Gasteiger partial charge >= 0.3 is 0 Å². The number of alkyl halides is 2. The Bertz CT molecular complexity index is 189. The number of carbonyl (C=O) groups excluding carboxylic acids is 1. The molecule has 0 heterocycles. The second kappa shape index (κ2) is 7.53. The summed E-state index contributed by atoms with van der Waals surface area (Å²) in [5.74, 6) is -3.39. The highest BCUT2D eigenvalue weighted by Gasteiger charge is 2.26. The molecule has 0 aromatic carbocycles. The molecule has 0 aliphatic rings. The normalized spacial score (nSPS) is 11.5.